The fraction of sp³-hybridized carbons (Fsp3) is 0.400. The fourth-order valence-corrected chi connectivity index (χ4v) is 1.22. The maximum absolute atomic E-state index is 5.93. The molecule has 14 heavy (non-hydrogen) atoms. The number of hydrogen-bond acceptors (Lipinski definition) is 3. The molecule has 0 saturated carbocycles. The normalized spacial score (nSPS) is 12.3. The van der Waals surface area contributed by atoms with Crippen LogP contribution in [0.4, 0.5) is 5.82 Å². The molecule has 3 nitrogen and oxygen atoms in total. The summed E-state index contributed by atoms with van der Waals surface area (Å²) >= 11 is 5.93. The quantitative estimate of drug-likeness (QED) is 0.617. The van der Waals surface area contributed by atoms with E-state index < -0.39 is 0 Å². The van der Waals surface area contributed by atoms with Gasteiger partial charge in [0.25, 0.3) is 0 Å². The van der Waals surface area contributed by atoms with Crippen LogP contribution in [-0.4, -0.2) is 16.0 Å². The Morgan fingerprint density at radius 1 is 1.43 bits per heavy atom. The highest BCUT2D eigenvalue weighted by Crippen LogP contribution is 2.20. The molecule has 0 radical (unpaired) electrons. The lowest BCUT2D eigenvalue weighted by molar-refractivity contribution is 0.948. The van der Waals surface area contributed by atoms with Crippen molar-refractivity contribution in [3.05, 3.63) is 29.2 Å². The van der Waals surface area contributed by atoms with Gasteiger partial charge in [0.2, 0.25) is 0 Å². The van der Waals surface area contributed by atoms with Crippen LogP contribution >= 0.6 is 11.6 Å². The van der Waals surface area contributed by atoms with E-state index in [4.69, 9.17) is 11.6 Å². The second kappa shape index (κ2) is 4.42. The van der Waals surface area contributed by atoms with Gasteiger partial charge in [-0.25, -0.2) is 9.97 Å². The molecule has 0 aliphatic rings. The van der Waals surface area contributed by atoms with Crippen molar-refractivity contribution in [3.8, 4) is 0 Å². The molecule has 0 aliphatic heterocycles. The van der Waals surface area contributed by atoms with E-state index in [-0.39, 0.29) is 6.04 Å². The van der Waals surface area contributed by atoms with Gasteiger partial charge in [0.1, 0.15) is 16.8 Å². The molecule has 0 amide bonds. The Morgan fingerprint density at radius 2 is 2.07 bits per heavy atom. The molecular weight excluding hydrogens is 198 g/mol. The van der Waals surface area contributed by atoms with Crippen LogP contribution in [0.5, 0.6) is 0 Å². The summed E-state index contributed by atoms with van der Waals surface area (Å²) in [5.74, 6) is 1.44. The Labute approximate surface area is 89.2 Å². The molecular formula is C10H14ClN3. The minimum Gasteiger partial charge on any atom is -0.364 e. The number of rotatable bonds is 3. The van der Waals surface area contributed by atoms with Crippen LogP contribution in [0.3, 0.4) is 0 Å². The lowest BCUT2D eigenvalue weighted by Gasteiger charge is -2.13. The summed E-state index contributed by atoms with van der Waals surface area (Å²) in [5, 5.41) is 3.68. The van der Waals surface area contributed by atoms with E-state index in [1.165, 1.54) is 0 Å². The molecule has 0 fully saturated rings. The van der Waals surface area contributed by atoms with Gasteiger partial charge in [-0.1, -0.05) is 17.7 Å². The third-order valence-electron chi connectivity index (χ3n) is 1.92. The van der Waals surface area contributed by atoms with Crippen molar-refractivity contribution < 1.29 is 0 Å². The van der Waals surface area contributed by atoms with E-state index in [0.29, 0.717) is 11.0 Å². The van der Waals surface area contributed by atoms with Gasteiger partial charge in [-0.2, -0.15) is 0 Å². The molecule has 1 N–H and O–H groups in total. The van der Waals surface area contributed by atoms with Crippen LogP contribution in [0, 0.1) is 13.8 Å². The largest absolute Gasteiger partial charge is 0.364 e. The summed E-state index contributed by atoms with van der Waals surface area (Å²) < 4.78 is 0. The highest BCUT2D eigenvalue weighted by molar-refractivity contribution is 6.30. The molecule has 0 bridgehead atoms. The van der Waals surface area contributed by atoms with Crippen LogP contribution < -0.4 is 5.32 Å². The summed E-state index contributed by atoms with van der Waals surface area (Å²) in [7, 11) is 0. The van der Waals surface area contributed by atoms with E-state index in [2.05, 4.69) is 21.9 Å². The molecule has 0 saturated heterocycles. The van der Waals surface area contributed by atoms with E-state index in [0.717, 1.165) is 11.4 Å². The molecule has 1 atom stereocenters. The van der Waals surface area contributed by atoms with Gasteiger partial charge >= 0.3 is 0 Å². The summed E-state index contributed by atoms with van der Waals surface area (Å²) in [6.45, 7) is 9.39. The monoisotopic (exact) mass is 211 g/mol. The first-order valence-corrected chi connectivity index (χ1v) is 4.82. The predicted molar refractivity (Wildman–Crippen MR) is 59.8 cm³/mol. The minimum atomic E-state index is 0.166. The zero-order valence-electron chi connectivity index (χ0n) is 8.63. The molecule has 1 aromatic rings. The van der Waals surface area contributed by atoms with Crippen molar-refractivity contribution in [1.82, 2.24) is 9.97 Å². The van der Waals surface area contributed by atoms with Gasteiger partial charge in [-0.3, -0.25) is 0 Å². The highest BCUT2D eigenvalue weighted by atomic mass is 35.5. The predicted octanol–water partition coefficient (Wildman–Crippen LogP) is 2.73. The first-order chi connectivity index (χ1) is 6.54. The number of aromatic nitrogens is 2. The topological polar surface area (TPSA) is 37.8 Å². The van der Waals surface area contributed by atoms with Crippen LogP contribution in [0.25, 0.3) is 0 Å². The summed E-state index contributed by atoms with van der Waals surface area (Å²) in [5.41, 5.74) is 0.867. The Hall–Kier alpha value is -1.09. The molecule has 0 aliphatic carbocycles. The van der Waals surface area contributed by atoms with E-state index >= 15 is 0 Å². The van der Waals surface area contributed by atoms with Gasteiger partial charge in [0, 0.05) is 11.6 Å². The van der Waals surface area contributed by atoms with Gasteiger partial charge in [-0.05, 0) is 20.8 Å². The van der Waals surface area contributed by atoms with Crippen molar-refractivity contribution in [1.29, 1.82) is 0 Å². The van der Waals surface area contributed by atoms with Crippen LogP contribution in [0.2, 0.25) is 5.15 Å². The molecule has 0 spiro atoms. The second-order valence-electron chi connectivity index (χ2n) is 3.20. The minimum absolute atomic E-state index is 0.166. The first-order valence-electron chi connectivity index (χ1n) is 4.44. The first kappa shape index (κ1) is 11.0. The van der Waals surface area contributed by atoms with E-state index in [9.17, 15) is 0 Å². The Balaban J connectivity index is 3.01. The maximum Gasteiger partial charge on any atom is 0.137 e. The number of hydrogen-bond donors (Lipinski definition) is 1. The number of nitrogens with one attached hydrogen (secondary N) is 1. The van der Waals surface area contributed by atoms with Crippen molar-refractivity contribution >= 4 is 17.4 Å². The van der Waals surface area contributed by atoms with Crippen LogP contribution in [0.1, 0.15) is 18.3 Å². The number of halogens is 1. The number of aryl methyl sites for hydroxylation is 1. The lowest BCUT2D eigenvalue weighted by Crippen LogP contribution is -2.14. The summed E-state index contributed by atoms with van der Waals surface area (Å²) in [4.78, 5) is 8.32. The van der Waals surface area contributed by atoms with Crippen LogP contribution in [-0.2, 0) is 0 Å². The van der Waals surface area contributed by atoms with Crippen molar-refractivity contribution in [2.45, 2.75) is 26.8 Å². The SMILES string of the molecule is C=CC(C)Nc1nc(C)nc(Cl)c1C. The third-order valence-corrected chi connectivity index (χ3v) is 2.28. The molecule has 1 unspecified atom stereocenters. The average Bonchev–Trinajstić information content (AvgIpc) is 2.13. The maximum atomic E-state index is 5.93. The Morgan fingerprint density at radius 3 is 2.64 bits per heavy atom. The van der Waals surface area contributed by atoms with Crippen molar-refractivity contribution in [2.75, 3.05) is 5.32 Å². The highest BCUT2D eigenvalue weighted by Gasteiger charge is 2.07. The average molecular weight is 212 g/mol. The molecule has 4 heteroatoms. The summed E-state index contributed by atoms with van der Waals surface area (Å²) in [6.07, 6.45) is 1.81. The molecule has 0 aromatic carbocycles. The smallest absolute Gasteiger partial charge is 0.137 e. The Bertz CT molecular complexity index is 349. The van der Waals surface area contributed by atoms with Gasteiger partial charge < -0.3 is 5.32 Å². The Kier molecular flexibility index (Phi) is 3.47. The lowest BCUT2D eigenvalue weighted by atomic mass is 10.3. The third kappa shape index (κ3) is 2.45. The van der Waals surface area contributed by atoms with E-state index in [1.54, 1.807) is 0 Å². The molecule has 76 valence electrons. The zero-order valence-corrected chi connectivity index (χ0v) is 9.39. The van der Waals surface area contributed by atoms with Gasteiger partial charge in [0.15, 0.2) is 0 Å². The number of anilines is 1. The second-order valence-corrected chi connectivity index (χ2v) is 3.56. The summed E-state index contributed by atoms with van der Waals surface area (Å²) in [6, 6.07) is 0.166. The van der Waals surface area contributed by atoms with Crippen molar-refractivity contribution in [2.24, 2.45) is 0 Å². The molecule has 1 aromatic heterocycles. The zero-order chi connectivity index (χ0) is 10.7. The van der Waals surface area contributed by atoms with Crippen molar-refractivity contribution in [3.63, 3.8) is 0 Å². The standard InChI is InChI=1S/C10H14ClN3/c1-5-6(2)12-10-7(3)9(11)13-8(4)14-10/h5-6H,1H2,2-4H3,(H,12,13,14). The van der Waals surface area contributed by atoms with Gasteiger partial charge in [0.05, 0.1) is 0 Å². The van der Waals surface area contributed by atoms with E-state index in [1.807, 2.05) is 26.8 Å². The molecule has 1 rings (SSSR count). The van der Waals surface area contributed by atoms with Crippen LogP contribution in [0.15, 0.2) is 12.7 Å². The van der Waals surface area contributed by atoms with Gasteiger partial charge in [-0.15, -0.1) is 6.58 Å². The molecule has 1 heterocycles. The number of nitrogens with zero attached hydrogens (tertiary/aromatic N) is 2. The fourth-order valence-electron chi connectivity index (χ4n) is 1.01.